The molecule has 0 saturated carbocycles. The quantitative estimate of drug-likeness (QED) is 0.724. The van der Waals surface area contributed by atoms with Crippen molar-refractivity contribution in [1.29, 1.82) is 0 Å². The Kier molecular flexibility index (Phi) is 6.35. The maximum Gasteiger partial charge on any atom is 0.417 e. The molecule has 19 heavy (non-hydrogen) atoms. The molecule has 1 rings (SSSR count). The van der Waals surface area contributed by atoms with Crippen LogP contribution in [0.2, 0.25) is 5.02 Å². The zero-order valence-electron chi connectivity index (χ0n) is 10.2. The first kappa shape index (κ1) is 16.5. The molecule has 0 aliphatic carbocycles. The van der Waals surface area contributed by atoms with Gasteiger partial charge in [0.1, 0.15) is 5.82 Å². The molecule has 3 nitrogen and oxygen atoms in total. The third-order valence-electron chi connectivity index (χ3n) is 2.37. The summed E-state index contributed by atoms with van der Waals surface area (Å²) in [6, 6.07) is 0.887. The van der Waals surface area contributed by atoms with E-state index in [0.29, 0.717) is 30.8 Å². The number of methoxy groups -OCH3 is 1. The van der Waals surface area contributed by atoms with Gasteiger partial charge in [-0.1, -0.05) is 27.5 Å². The van der Waals surface area contributed by atoms with Crippen LogP contribution in [-0.2, 0) is 10.9 Å². The predicted molar refractivity (Wildman–Crippen MR) is 72.1 cm³/mol. The van der Waals surface area contributed by atoms with Crippen LogP contribution in [0.1, 0.15) is 5.56 Å². The van der Waals surface area contributed by atoms with E-state index >= 15 is 0 Å². The number of aromatic nitrogens is 1. The van der Waals surface area contributed by atoms with Crippen LogP contribution in [0.3, 0.4) is 0 Å². The zero-order valence-corrected chi connectivity index (χ0v) is 12.5. The molecule has 0 aliphatic heterocycles. The summed E-state index contributed by atoms with van der Waals surface area (Å²) in [7, 11) is 1.55. The van der Waals surface area contributed by atoms with E-state index < -0.39 is 11.7 Å². The van der Waals surface area contributed by atoms with Crippen molar-refractivity contribution in [3.63, 3.8) is 0 Å². The topological polar surface area (TPSA) is 25.4 Å². The number of halogens is 5. The van der Waals surface area contributed by atoms with Gasteiger partial charge in [-0.25, -0.2) is 4.98 Å². The van der Waals surface area contributed by atoms with Crippen LogP contribution >= 0.6 is 27.5 Å². The molecule has 108 valence electrons. The molecule has 0 spiro atoms. The van der Waals surface area contributed by atoms with Gasteiger partial charge in [0.05, 0.1) is 17.2 Å². The summed E-state index contributed by atoms with van der Waals surface area (Å²) in [6.45, 7) is 1.51. The van der Waals surface area contributed by atoms with Crippen LogP contribution in [0.5, 0.6) is 0 Å². The number of pyridine rings is 1. The number of rotatable bonds is 6. The van der Waals surface area contributed by atoms with Crippen LogP contribution < -0.4 is 4.90 Å². The highest BCUT2D eigenvalue weighted by Crippen LogP contribution is 2.33. The monoisotopic (exact) mass is 360 g/mol. The molecular weight excluding hydrogens is 348 g/mol. The zero-order chi connectivity index (χ0) is 14.5. The Hall–Kier alpha value is -0.530. The van der Waals surface area contributed by atoms with E-state index in [4.69, 9.17) is 16.3 Å². The van der Waals surface area contributed by atoms with Gasteiger partial charge in [0.25, 0.3) is 0 Å². The molecule has 0 radical (unpaired) electrons. The van der Waals surface area contributed by atoms with Gasteiger partial charge < -0.3 is 9.64 Å². The average Bonchev–Trinajstić information content (AvgIpc) is 2.33. The summed E-state index contributed by atoms with van der Waals surface area (Å²) in [5.41, 5.74) is -0.855. The predicted octanol–water partition coefficient (Wildman–Crippen LogP) is 3.60. The Morgan fingerprint density at radius 3 is 2.58 bits per heavy atom. The van der Waals surface area contributed by atoms with E-state index in [2.05, 4.69) is 20.9 Å². The van der Waals surface area contributed by atoms with Crippen molar-refractivity contribution in [2.45, 2.75) is 6.18 Å². The maximum absolute atomic E-state index is 12.5. The first-order chi connectivity index (χ1) is 8.90. The number of hydrogen-bond donors (Lipinski definition) is 0. The van der Waals surface area contributed by atoms with Crippen molar-refractivity contribution in [1.82, 2.24) is 4.98 Å². The van der Waals surface area contributed by atoms with Gasteiger partial charge in [-0.15, -0.1) is 0 Å². The summed E-state index contributed by atoms with van der Waals surface area (Å²) in [5, 5.41) is 0.627. The molecule has 0 fully saturated rings. The molecule has 0 aliphatic rings. The fourth-order valence-corrected chi connectivity index (χ4v) is 2.16. The fourth-order valence-electron chi connectivity index (χ4n) is 1.45. The molecule has 0 bridgehead atoms. The molecule has 1 heterocycles. The lowest BCUT2D eigenvalue weighted by molar-refractivity contribution is -0.137. The summed E-state index contributed by atoms with van der Waals surface area (Å²) in [4.78, 5) is 5.58. The highest BCUT2D eigenvalue weighted by atomic mass is 79.9. The minimum atomic E-state index is -4.44. The van der Waals surface area contributed by atoms with E-state index in [1.54, 1.807) is 12.0 Å². The van der Waals surface area contributed by atoms with Crippen molar-refractivity contribution >= 4 is 33.3 Å². The minimum Gasteiger partial charge on any atom is -0.383 e. The lowest BCUT2D eigenvalue weighted by atomic mass is 10.2. The van der Waals surface area contributed by atoms with E-state index in [0.717, 1.165) is 12.3 Å². The standard InChI is InChI=1S/C11H13BrClF3N2O/c1-19-5-4-18(3-2-12)10-9(13)6-8(7-17-10)11(14,15)16/h6-7H,2-5H2,1H3. The highest BCUT2D eigenvalue weighted by Gasteiger charge is 2.32. The molecule has 0 saturated heterocycles. The molecular formula is C11H13BrClF3N2O. The molecule has 0 amide bonds. The van der Waals surface area contributed by atoms with Crippen LogP contribution in [0, 0.1) is 0 Å². The number of nitrogens with zero attached hydrogens (tertiary/aromatic N) is 2. The maximum atomic E-state index is 12.5. The van der Waals surface area contributed by atoms with Gasteiger partial charge in [0.2, 0.25) is 0 Å². The number of hydrogen-bond acceptors (Lipinski definition) is 3. The molecule has 0 atom stereocenters. The smallest absolute Gasteiger partial charge is 0.383 e. The second-order valence-corrected chi connectivity index (χ2v) is 4.90. The van der Waals surface area contributed by atoms with Crippen LogP contribution in [0.25, 0.3) is 0 Å². The molecule has 1 aromatic heterocycles. The number of ether oxygens (including phenoxy) is 1. The summed E-state index contributed by atoms with van der Waals surface area (Å²) < 4.78 is 42.5. The van der Waals surface area contributed by atoms with Crippen LogP contribution in [-0.4, -0.2) is 37.1 Å². The normalized spacial score (nSPS) is 11.7. The Morgan fingerprint density at radius 2 is 2.11 bits per heavy atom. The van der Waals surface area contributed by atoms with Crippen LogP contribution in [0.15, 0.2) is 12.3 Å². The number of alkyl halides is 4. The fraction of sp³-hybridized carbons (Fsp3) is 0.545. The first-order valence-corrected chi connectivity index (χ1v) is 6.92. The first-order valence-electron chi connectivity index (χ1n) is 5.42. The van der Waals surface area contributed by atoms with Gasteiger partial charge >= 0.3 is 6.18 Å². The Labute approximate surface area is 122 Å². The SMILES string of the molecule is COCCN(CCBr)c1ncc(C(F)(F)F)cc1Cl. The Morgan fingerprint density at radius 1 is 1.42 bits per heavy atom. The third-order valence-corrected chi connectivity index (χ3v) is 3.00. The van der Waals surface area contributed by atoms with Crippen molar-refractivity contribution in [2.75, 3.05) is 37.0 Å². The molecule has 8 heteroatoms. The lowest BCUT2D eigenvalue weighted by Gasteiger charge is -2.23. The lowest BCUT2D eigenvalue weighted by Crippen LogP contribution is -2.30. The van der Waals surface area contributed by atoms with Gasteiger partial charge in [-0.05, 0) is 6.07 Å². The summed E-state index contributed by atoms with van der Waals surface area (Å²) in [6.07, 6.45) is -3.66. The third kappa shape index (κ3) is 4.81. The van der Waals surface area contributed by atoms with Gasteiger partial charge in [0.15, 0.2) is 0 Å². The minimum absolute atomic E-state index is 0.0214. The van der Waals surface area contributed by atoms with Crippen molar-refractivity contribution in [2.24, 2.45) is 0 Å². The highest BCUT2D eigenvalue weighted by molar-refractivity contribution is 9.09. The van der Waals surface area contributed by atoms with Crippen LogP contribution in [0.4, 0.5) is 19.0 Å². The van der Waals surface area contributed by atoms with Gasteiger partial charge in [0, 0.05) is 31.7 Å². The molecule has 0 N–H and O–H groups in total. The van der Waals surface area contributed by atoms with Gasteiger partial charge in [-0.3, -0.25) is 0 Å². The van der Waals surface area contributed by atoms with Crippen molar-refractivity contribution in [3.8, 4) is 0 Å². The molecule has 1 aromatic rings. The van der Waals surface area contributed by atoms with E-state index in [1.807, 2.05) is 0 Å². The molecule has 0 unspecified atom stereocenters. The summed E-state index contributed by atoms with van der Waals surface area (Å²) >= 11 is 9.16. The van der Waals surface area contributed by atoms with Crippen molar-refractivity contribution < 1.29 is 17.9 Å². The van der Waals surface area contributed by atoms with E-state index in [-0.39, 0.29) is 5.02 Å². The van der Waals surface area contributed by atoms with Gasteiger partial charge in [-0.2, -0.15) is 13.2 Å². The Bertz CT molecular complexity index is 417. The van der Waals surface area contributed by atoms with Crippen molar-refractivity contribution in [3.05, 3.63) is 22.8 Å². The van der Waals surface area contributed by atoms with E-state index in [1.165, 1.54) is 0 Å². The second-order valence-electron chi connectivity index (χ2n) is 3.70. The Balaban J connectivity index is 2.97. The number of anilines is 1. The summed E-state index contributed by atoms with van der Waals surface area (Å²) in [5.74, 6) is 0.325. The largest absolute Gasteiger partial charge is 0.417 e. The average molecular weight is 362 g/mol. The molecule has 0 aromatic carbocycles. The van der Waals surface area contributed by atoms with E-state index in [9.17, 15) is 13.2 Å². The second kappa shape index (κ2) is 7.31.